The summed E-state index contributed by atoms with van der Waals surface area (Å²) in [5, 5.41) is 14.2. The van der Waals surface area contributed by atoms with E-state index >= 15 is 0 Å². The fourth-order valence-electron chi connectivity index (χ4n) is 1.82. The molecule has 0 bridgehead atoms. The molecule has 3 N–H and O–H groups in total. The molecule has 0 aliphatic heterocycles. The lowest BCUT2D eigenvalue weighted by Gasteiger charge is -2.17. The van der Waals surface area contributed by atoms with E-state index in [9.17, 15) is 9.59 Å². The zero-order chi connectivity index (χ0) is 12.8. The molecule has 1 fully saturated rings. The van der Waals surface area contributed by atoms with Gasteiger partial charge < -0.3 is 15.7 Å². The van der Waals surface area contributed by atoms with Gasteiger partial charge in [0.2, 0.25) is 0 Å². The van der Waals surface area contributed by atoms with Gasteiger partial charge in [0.1, 0.15) is 6.04 Å². The molecule has 0 aromatic carbocycles. The first-order valence-electron chi connectivity index (χ1n) is 6.35. The van der Waals surface area contributed by atoms with Gasteiger partial charge in [-0.15, -0.1) is 0 Å². The van der Waals surface area contributed by atoms with Crippen LogP contribution in [-0.2, 0) is 4.79 Å². The first-order chi connectivity index (χ1) is 8.08. The Morgan fingerprint density at radius 3 is 2.29 bits per heavy atom. The largest absolute Gasteiger partial charge is 0.480 e. The molecule has 0 radical (unpaired) electrons. The summed E-state index contributed by atoms with van der Waals surface area (Å²) in [6.07, 6.45) is 3.82. The van der Waals surface area contributed by atoms with Crippen LogP contribution in [0.3, 0.4) is 0 Å². The highest BCUT2D eigenvalue weighted by Gasteiger charge is 2.37. The minimum Gasteiger partial charge on any atom is -0.480 e. The number of hydrogen-bond acceptors (Lipinski definition) is 2. The minimum atomic E-state index is -0.940. The van der Waals surface area contributed by atoms with E-state index in [1.807, 2.05) is 0 Å². The number of urea groups is 1. The van der Waals surface area contributed by atoms with Crippen LogP contribution in [-0.4, -0.2) is 29.7 Å². The zero-order valence-corrected chi connectivity index (χ0v) is 10.5. The van der Waals surface area contributed by atoms with Crippen LogP contribution in [0.4, 0.5) is 4.79 Å². The Morgan fingerprint density at radius 1 is 1.29 bits per heavy atom. The van der Waals surface area contributed by atoms with Gasteiger partial charge in [-0.25, -0.2) is 9.59 Å². The molecule has 1 aliphatic carbocycles. The summed E-state index contributed by atoms with van der Waals surface area (Å²) in [6, 6.07) is -1.09. The van der Waals surface area contributed by atoms with Crippen molar-refractivity contribution in [3.63, 3.8) is 0 Å². The third-order valence-electron chi connectivity index (χ3n) is 3.35. The predicted molar refractivity (Wildman–Crippen MR) is 64.8 cm³/mol. The standard InChI is InChI=1S/C12H22N2O3/c1-3-8(4-2)7-13-12(17)14-10(11(15)16)9-5-6-9/h8-10H,3-7H2,1-2H3,(H,15,16)(H2,13,14,17). The Labute approximate surface area is 102 Å². The first-order valence-corrected chi connectivity index (χ1v) is 6.35. The maximum absolute atomic E-state index is 11.5. The van der Waals surface area contributed by atoms with E-state index in [2.05, 4.69) is 24.5 Å². The molecule has 17 heavy (non-hydrogen) atoms. The van der Waals surface area contributed by atoms with Crippen LogP contribution >= 0.6 is 0 Å². The summed E-state index contributed by atoms with van der Waals surface area (Å²) >= 11 is 0. The van der Waals surface area contributed by atoms with Crippen molar-refractivity contribution in [2.45, 2.75) is 45.6 Å². The molecule has 0 spiro atoms. The molecular weight excluding hydrogens is 220 g/mol. The second-order valence-electron chi connectivity index (χ2n) is 4.69. The van der Waals surface area contributed by atoms with Crippen molar-refractivity contribution in [2.24, 2.45) is 11.8 Å². The third-order valence-corrected chi connectivity index (χ3v) is 3.35. The Balaban J connectivity index is 2.29. The number of carbonyl (C=O) groups excluding carboxylic acids is 1. The number of nitrogens with one attached hydrogen (secondary N) is 2. The molecule has 0 aromatic rings. The number of rotatable bonds is 7. The molecule has 1 rings (SSSR count). The predicted octanol–water partition coefficient (Wildman–Crippen LogP) is 1.58. The SMILES string of the molecule is CCC(CC)CNC(=O)NC(C(=O)O)C1CC1. The van der Waals surface area contributed by atoms with Gasteiger partial charge in [0, 0.05) is 6.54 Å². The van der Waals surface area contributed by atoms with Gasteiger partial charge in [0.05, 0.1) is 0 Å². The van der Waals surface area contributed by atoms with E-state index in [0.717, 1.165) is 25.7 Å². The molecule has 2 amide bonds. The quantitative estimate of drug-likeness (QED) is 0.634. The van der Waals surface area contributed by atoms with Gasteiger partial charge in [-0.05, 0) is 24.7 Å². The van der Waals surface area contributed by atoms with Gasteiger partial charge in [-0.1, -0.05) is 26.7 Å². The van der Waals surface area contributed by atoms with Crippen molar-refractivity contribution < 1.29 is 14.7 Å². The van der Waals surface area contributed by atoms with Gasteiger partial charge in [0.25, 0.3) is 0 Å². The highest BCUT2D eigenvalue weighted by Crippen LogP contribution is 2.32. The average Bonchev–Trinajstić information content (AvgIpc) is 3.10. The maximum Gasteiger partial charge on any atom is 0.326 e. The summed E-state index contributed by atoms with van der Waals surface area (Å²) in [6.45, 7) is 4.77. The highest BCUT2D eigenvalue weighted by atomic mass is 16.4. The van der Waals surface area contributed by atoms with Gasteiger partial charge in [-0.2, -0.15) is 0 Å². The van der Waals surface area contributed by atoms with E-state index in [0.29, 0.717) is 12.5 Å². The molecule has 0 aromatic heterocycles. The van der Waals surface area contributed by atoms with E-state index in [1.165, 1.54) is 0 Å². The Hall–Kier alpha value is -1.26. The molecule has 5 heteroatoms. The summed E-state index contributed by atoms with van der Waals surface area (Å²) in [5.41, 5.74) is 0. The minimum absolute atomic E-state index is 0.117. The first kappa shape index (κ1) is 13.8. The number of carboxylic acids is 1. The van der Waals surface area contributed by atoms with Gasteiger partial charge in [-0.3, -0.25) is 0 Å². The number of carboxylic acid groups (broad SMARTS) is 1. The number of carbonyl (C=O) groups is 2. The summed E-state index contributed by atoms with van der Waals surface area (Å²) < 4.78 is 0. The molecule has 1 saturated carbocycles. The summed E-state index contributed by atoms with van der Waals surface area (Å²) in [5.74, 6) is -0.360. The number of hydrogen-bond donors (Lipinski definition) is 3. The van der Waals surface area contributed by atoms with Crippen molar-refractivity contribution in [1.82, 2.24) is 10.6 Å². The topological polar surface area (TPSA) is 78.4 Å². The van der Waals surface area contributed by atoms with Gasteiger partial charge >= 0.3 is 12.0 Å². The van der Waals surface area contributed by atoms with Crippen LogP contribution in [0.15, 0.2) is 0 Å². The van der Waals surface area contributed by atoms with Crippen molar-refractivity contribution in [3.05, 3.63) is 0 Å². The van der Waals surface area contributed by atoms with Crippen molar-refractivity contribution in [3.8, 4) is 0 Å². The maximum atomic E-state index is 11.5. The van der Waals surface area contributed by atoms with Crippen LogP contribution in [0.5, 0.6) is 0 Å². The Kier molecular flexibility index (Phi) is 5.25. The fraction of sp³-hybridized carbons (Fsp3) is 0.833. The average molecular weight is 242 g/mol. The van der Waals surface area contributed by atoms with Crippen molar-refractivity contribution in [2.75, 3.05) is 6.54 Å². The third kappa shape index (κ3) is 4.63. The summed E-state index contributed by atoms with van der Waals surface area (Å²) in [7, 11) is 0. The fourth-order valence-corrected chi connectivity index (χ4v) is 1.82. The molecular formula is C12H22N2O3. The summed E-state index contributed by atoms with van der Waals surface area (Å²) in [4.78, 5) is 22.5. The monoisotopic (exact) mass is 242 g/mol. The second kappa shape index (κ2) is 6.47. The van der Waals surface area contributed by atoms with Crippen LogP contribution in [0, 0.1) is 11.8 Å². The van der Waals surface area contributed by atoms with E-state index in [-0.39, 0.29) is 11.9 Å². The van der Waals surface area contributed by atoms with Crippen LogP contribution in [0.2, 0.25) is 0 Å². The lowest BCUT2D eigenvalue weighted by atomic mass is 10.0. The van der Waals surface area contributed by atoms with Crippen LogP contribution in [0.1, 0.15) is 39.5 Å². The smallest absolute Gasteiger partial charge is 0.326 e. The van der Waals surface area contributed by atoms with Gasteiger partial charge in [0.15, 0.2) is 0 Å². The van der Waals surface area contributed by atoms with E-state index in [1.54, 1.807) is 0 Å². The lowest BCUT2D eigenvalue weighted by molar-refractivity contribution is -0.139. The molecule has 1 unspecified atom stereocenters. The molecule has 0 heterocycles. The molecule has 5 nitrogen and oxygen atoms in total. The second-order valence-corrected chi connectivity index (χ2v) is 4.69. The molecule has 98 valence electrons. The van der Waals surface area contributed by atoms with E-state index in [4.69, 9.17) is 5.11 Å². The van der Waals surface area contributed by atoms with Crippen LogP contribution < -0.4 is 10.6 Å². The number of aliphatic carboxylic acids is 1. The van der Waals surface area contributed by atoms with Crippen molar-refractivity contribution >= 4 is 12.0 Å². The highest BCUT2D eigenvalue weighted by molar-refractivity contribution is 5.83. The lowest BCUT2D eigenvalue weighted by Crippen LogP contribution is -2.48. The number of amides is 2. The van der Waals surface area contributed by atoms with Crippen molar-refractivity contribution in [1.29, 1.82) is 0 Å². The zero-order valence-electron chi connectivity index (χ0n) is 10.5. The molecule has 0 saturated heterocycles. The normalized spacial score (nSPS) is 16.6. The molecule has 1 aliphatic rings. The Morgan fingerprint density at radius 2 is 1.88 bits per heavy atom. The van der Waals surface area contributed by atoms with Crippen LogP contribution in [0.25, 0.3) is 0 Å². The van der Waals surface area contributed by atoms with E-state index < -0.39 is 12.0 Å². The molecule has 1 atom stereocenters. The Bertz CT molecular complexity index is 273.